The lowest BCUT2D eigenvalue weighted by Crippen LogP contribution is -2.39. The number of phenolic OH excluding ortho intramolecular Hbond substituents is 1. The second-order valence-electron chi connectivity index (χ2n) is 8.70. The van der Waals surface area contributed by atoms with Gasteiger partial charge in [0.05, 0.1) is 12.6 Å². The fourth-order valence-corrected chi connectivity index (χ4v) is 4.59. The maximum absolute atomic E-state index is 13.3. The topological polar surface area (TPSA) is 75.1 Å². The Labute approximate surface area is 200 Å². The number of fused-ring (bicyclic) bond motifs is 1. The molecule has 0 spiro atoms. The molecule has 0 fully saturated rings. The third kappa shape index (κ3) is 4.56. The maximum atomic E-state index is 13.3. The highest BCUT2D eigenvalue weighted by Gasteiger charge is 2.45. The molecule has 0 aliphatic carbocycles. The monoisotopic (exact) mass is 461 g/mol. The number of esters is 1. The first-order valence-electron chi connectivity index (χ1n) is 11.4. The molecule has 0 saturated heterocycles. The Kier molecular flexibility index (Phi) is 7.03. The number of para-hydroxylation sites is 1. The van der Waals surface area contributed by atoms with Gasteiger partial charge in [-0.1, -0.05) is 24.3 Å². The van der Waals surface area contributed by atoms with E-state index in [9.17, 15) is 9.90 Å². The van der Waals surface area contributed by atoms with E-state index in [2.05, 4.69) is 9.88 Å². The molecule has 2 atom stereocenters. The number of pyridine rings is 1. The molecular formula is C27H31N3O4. The highest BCUT2D eigenvalue weighted by Crippen LogP contribution is 2.49. The largest absolute Gasteiger partial charge is 0.507 e. The minimum absolute atomic E-state index is 0.160. The van der Waals surface area contributed by atoms with Crippen LogP contribution in [0.5, 0.6) is 11.5 Å². The van der Waals surface area contributed by atoms with Gasteiger partial charge in [0.1, 0.15) is 24.0 Å². The Hall–Kier alpha value is -3.58. The Balaban J connectivity index is 1.84. The number of likely N-dealkylation sites (N-methyl/N-ethyl adjacent to an activating group) is 1. The lowest BCUT2D eigenvalue weighted by molar-refractivity contribution is -0.145. The molecule has 2 heterocycles. The molecule has 2 aromatic carbocycles. The van der Waals surface area contributed by atoms with Crippen LogP contribution in [-0.2, 0) is 16.1 Å². The smallest absolute Gasteiger partial charge is 0.315 e. The third-order valence-corrected chi connectivity index (χ3v) is 6.15. The number of anilines is 1. The van der Waals surface area contributed by atoms with Crippen molar-refractivity contribution in [1.29, 1.82) is 0 Å². The van der Waals surface area contributed by atoms with E-state index in [0.717, 1.165) is 22.6 Å². The van der Waals surface area contributed by atoms with Gasteiger partial charge >= 0.3 is 5.97 Å². The summed E-state index contributed by atoms with van der Waals surface area (Å²) in [5.74, 6) is -0.00888. The molecule has 178 valence electrons. The fourth-order valence-electron chi connectivity index (χ4n) is 4.59. The summed E-state index contributed by atoms with van der Waals surface area (Å²) in [6.45, 7) is 2.85. The third-order valence-electron chi connectivity index (χ3n) is 6.15. The van der Waals surface area contributed by atoms with Crippen molar-refractivity contribution in [3.8, 4) is 22.6 Å². The van der Waals surface area contributed by atoms with Gasteiger partial charge in [0.25, 0.3) is 0 Å². The Morgan fingerprint density at radius 1 is 1.18 bits per heavy atom. The van der Waals surface area contributed by atoms with E-state index in [1.807, 2.05) is 74.6 Å². The number of ether oxygens (including phenoxy) is 2. The molecule has 1 N–H and O–H groups in total. The number of benzene rings is 2. The van der Waals surface area contributed by atoms with Crippen molar-refractivity contribution in [1.82, 2.24) is 9.88 Å². The van der Waals surface area contributed by atoms with Crippen LogP contribution in [0, 0.1) is 0 Å². The summed E-state index contributed by atoms with van der Waals surface area (Å²) >= 11 is 0. The van der Waals surface area contributed by atoms with Crippen molar-refractivity contribution in [2.45, 2.75) is 25.4 Å². The first-order valence-corrected chi connectivity index (χ1v) is 11.4. The first kappa shape index (κ1) is 23.6. The highest BCUT2D eigenvalue weighted by atomic mass is 16.5. The predicted octanol–water partition coefficient (Wildman–Crippen LogP) is 4.06. The lowest BCUT2D eigenvalue weighted by Gasteiger charge is -2.26. The zero-order valence-electron chi connectivity index (χ0n) is 20.1. The van der Waals surface area contributed by atoms with Crippen LogP contribution in [0.15, 0.2) is 60.9 Å². The maximum Gasteiger partial charge on any atom is 0.315 e. The number of phenols is 1. The van der Waals surface area contributed by atoms with Crippen LogP contribution in [0.1, 0.15) is 24.0 Å². The van der Waals surface area contributed by atoms with E-state index in [1.165, 1.54) is 0 Å². The molecule has 4 rings (SSSR count). The quantitative estimate of drug-likeness (QED) is 0.507. The number of aromatic nitrogens is 1. The van der Waals surface area contributed by atoms with E-state index < -0.39 is 5.92 Å². The van der Waals surface area contributed by atoms with E-state index in [4.69, 9.17) is 9.47 Å². The minimum atomic E-state index is -0.590. The van der Waals surface area contributed by atoms with Crippen LogP contribution in [0.2, 0.25) is 0 Å². The van der Waals surface area contributed by atoms with Crippen LogP contribution in [0.3, 0.4) is 0 Å². The van der Waals surface area contributed by atoms with Crippen molar-refractivity contribution in [2.75, 3.05) is 39.3 Å². The van der Waals surface area contributed by atoms with Gasteiger partial charge in [0.15, 0.2) is 0 Å². The number of nitrogens with zero attached hydrogens (tertiary/aromatic N) is 3. The van der Waals surface area contributed by atoms with Crippen molar-refractivity contribution in [3.05, 3.63) is 72.1 Å². The summed E-state index contributed by atoms with van der Waals surface area (Å²) in [7, 11) is 5.84. The summed E-state index contributed by atoms with van der Waals surface area (Å²) in [6, 6.07) is 15.0. The van der Waals surface area contributed by atoms with E-state index >= 15 is 0 Å². The molecular weight excluding hydrogens is 430 g/mol. The number of rotatable bonds is 8. The summed E-state index contributed by atoms with van der Waals surface area (Å²) in [5, 5.41) is 11.4. The summed E-state index contributed by atoms with van der Waals surface area (Å²) in [5.41, 5.74) is 3.89. The van der Waals surface area contributed by atoms with Crippen LogP contribution in [-0.4, -0.2) is 61.4 Å². The zero-order chi connectivity index (χ0) is 24.2. The number of aromatic hydroxyl groups is 1. The average Bonchev–Trinajstić information content (AvgIpc) is 3.12. The van der Waals surface area contributed by atoms with E-state index in [0.29, 0.717) is 24.3 Å². The minimum Gasteiger partial charge on any atom is -0.507 e. The molecule has 2 unspecified atom stereocenters. The predicted molar refractivity (Wildman–Crippen MR) is 132 cm³/mol. The highest BCUT2D eigenvalue weighted by molar-refractivity contribution is 5.90. The van der Waals surface area contributed by atoms with Gasteiger partial charge in [0, 0.05) is 53.9 Å². The SMILES string of the molecule is CCOC(=O)C1c2c(cc(-c3cccnc3)c(O)c2CN(C)C)N(C)C1COc1ccccc1. The average molecular weight is 462 g/mol. The second kappa shape index (κ2) is 10.1. The normalized spacial score (nSPS) is 17.0. The number of hydrogen-bond donors (Lipinski definition) is 1. The molecule has 1 aliphatic rings. The number of carbonyl (C=O) groups excluding carboxylic acids is 1. The molecule has 7 heteroatoms. The Bertz CT molecular complexity index is 1140. The van der Waals surface area contributed by atoms with Gasteiger partial charge in [-0.15, -0.1) is 0 Å². The van der Waals surface area contributed by atoms with Gasteiger partial charge in [-0.25, -0.2) is 0 Å². The Morgan fingerprint density at radius 2 is 1.94 bits per heavy atom. The van der Waals surface area contributed by atoms with Gasteiger partial charge in [-0.05, 0) is 45.3 Å². The fraction of sp³-hybridized carbons (Fsp3) is 0.333. The standard InChI is InChI=1S/C27H31N3O4/c1-5-33-27(32)25-23(17-34-19-11-7-6-8-12-19)30(4)22-14-20(18-10-9-13-28-15-18)26(31)21(24(22)25)16-29(2)3/h6-15,23,25,31H,5,16-17H2,1-4H3. The molecule has 0 saturated carbocycles. The van der Waals surface area contributed by atoms with Crippen molar-refractivity contribution < 1.29 is 19.4 Å². The second-order valence-corrected chi connectivity index (χ2v) is 8.70. The molecule has 0 radical (unpaired) electrons. The van der Waals surface area contributed by atoms with E-state index in [1.54, 1.807) is 19.3 Å². The summed E-state index contributed by atoms with van der Waals surface area (Å²) in [4.78, 5) is 21.5. The number of hydrogen-bond acceptors (Lipinski definition) is 7. The molecule has 0 bridgehead atoms. The molecule has 34 heavy (non-hydrogen) atoms. The van der Waals surface area contributed by atoms with Crippen LogP contribution in [0.25, 0.3) is 11.1 Å². The van der Waals surface area contributed by atoms with Gasteiger partial charge in [-0.3, -0.25) is 9.78 Å². The summed E-state index contributed by atoms with van der Waals surface area (Å²) in [6.07, 6.45) is 3.43. The van der Waals surface area contributed by atoms with Crippen LogP contribution in [0.4, 0.5) is 5.69 Å². The van der Waals surface area contributed by atoms with Gasteiger partial charge in [0.2, 0.25) is 0 Å². The van der Waals surface area contributed by atoms with Crippen molar-refractivity contribution in [2.24, 2.45) is 0 Å². The lowest BCUT2D eigenvalue weighted by atomic mass is 9.88. The van der Waals surface area contributed by atoms with Crippen molar-refractivity contribution in [3.63, 3.8) is 0 Å². The molecule has 1 aromatic heterocycles. The van der Waals surface area contributed by atoms with Crippen LogP contribution >= 0.6 is 0 Å². The van der Waals surface area contributed by atoms with Crippen LogP contribution < -0.4 is 9.64 Å². The Morgan fingerprint density at radius 3 is 2.59 bits per heavy atom. The van der Waals surface area contributed by atoms with Crippen molar-refractivity contribution >= 4 is 11.7 Å². The molecule has 3 aromatic rings. The van der Waals surface area contributed by atoms with Gasteiger partial charge < -0.3 is 24.4 Å². The number of carbonyl (C=O) groups is 1. The zero-order valence-corrected chi connectivity index (χ0v) is 20.1. The summed E-state index contributed by atoms with van der Waals surface area (Å²) < 4.78 is 11.6. The molecule has 1 aliphatic heterocycles. The van der Waals surface area contributed by atoms with Gasteiger partial charge in [-0.2, -0.15) is 0 Å². The van der Waals surface area contributed by atoms with E-state index in [-0.39, 0.29) is 24.4 Å². The molecule has 7 nitrogen and oxygen atoms in total. The first-order chi connectivity index (χ1) is 16.4. The molecule has 0 amide bonds.